The number of fused-ring (bicyclic) bond motifs is 1. The van der Waals surface area contributed by atoms with Gasteiger partial charge in [-0.2, -0.15) is 5.10 Å². The smallest absolute Gasteiger partial charge is 0.375 e. The Labute approximate surface area is 108 Å². The van der Waals surface area contributed by atoms with Crippen LogP contribution in [0.3, 0.4) is 0 Å². The third kappa shape index (κ3) is 2.51. The van der Waals surface area contributed by atoms with Crippen molar-refractivity contribution in [2.75, 3.05) is 6.61 Å². The average molecular weight is 268 g/mol. The number of aromatic amines is 1. The van der Waals surface area contributed by atoms with Crippen LogP contribution in [0.25, 0.3) is 10.9 Å². The monoisotopic (exact) mass is 267 g/mol. The van der Waals surface area contributed by atoms with E-state index >= 15 is 0 Å². The number of hydrogen-bond acceptors (Lipinski definition) is 3. The molecule has 94 valence electrons. The maximum absolute atomic E-state index is 11.8. The van der Waals surface area contributed by atoms with Gasteiger partial charge in [-0.25, -0.2) is 4.79 Å². The van der Waals surface area contributed by atoms with E-state index < -0.39 is 5.97 Å². The molecule has 5 nitrogen and oxygen atoms in total. The van der Waals surface area contributed by atoms with Crippen LogP contribution >= 0.6 is 11.6 Å². The number of hydrogen-bond donors (Lipinski definition) is 1. The van der Waals surface area contributed by atoms with Crippen LogP contribution in [0, 0.1) is 0 Å². The molecule has 0 fully saturated rings. The van der Waals surface area contributed by atoms with Crippen LogP contribution in [0.4, 0.5) is 0 Å². The van der Waals surface area contributed by atoms with Gasteiger partial charge in [0.05, 0.1) is 17.0 Å². The van der Waals surface area contributed by atoms with Crippen molar-refractivity contribution in [3.05, 3.63) is 39.6 Å². The molecular formula is C12H12ClN2O3+. The number of ether oxygens (including phenoxy) is 1. The highest BCUT2D eigenvalue weighted by molar-refractivity contribution is 6.34. The van der Waals surface area contributed by atoms with E-state index in [4.69, 9.17) is 16.3 Å². The summed E-state index contributed by atoms with van der Waals surface area (Å²) < 4.78 is 6.18. The zero-order valence-corrected chi connectivity index (χ0v) is 10.5. The Kier molecular flexibility index (Phi) is 3.62. The van der Waals surface area contributed by atoms with Crippen molar-refractivity contribution in [3.8, 4) is 0 Å². The first-order chi connectivity index (χ1) is 8.61. The number of carbonyl (C=O) groups is 1. The Morgan fingerprint density at radius 2 is 2.28 bits per heavy atom. The molecule has 0 radical (unpaired) electrons. The van der Waals surface area contributed by atoms with Gasteiger partial charge < -0.3 is 4.74 Å². The number of rotatable bonds is 3. The van der Waals surface area contributed by atoms with Crippen molar-refractivity contribution in [2.24, 2.45) is 0 Å². The van der Waals surface area contributed by atoms with Crippen LogP contribution in [0.15, 0.2) is 29.2 Å². The van der Waals surface area contributed by atoms with E-state index in [-0.39, 0.29) is 12.0 Å². The van der Waals surface area contributed by atoms with Gasteiger partial charge in [0.2, 0.25) is 6.20 Å². The zero-order valence-electron chi connectivity index (χ0n) is 9.77. The minimum Gasteiger partial charge on any atom is -0.461 e. The van der Waals surface area contributed by atoms with Crippen LogP contribution < -0.4 is 10.1 Å². The Hall–Kier alpha value is -1.88. The lowest BCUT2D eigenvalue weighted by Crippen LogP contribution is -2.44. The summed E-state index contributed by atoms with van der Waals surface area (Å²) in [6, 6.07) is 5.05. The normalized spacial score (nSPS) is 10.6. The van der Waals surface area contributed by atoms with E-state index in [9.17, 15) is 9.59 Å². The summed E-state index contributed by atoms with van der Waals surface area (Å²) in [7, 11) is 0. The van der Waals surface area contributed by atoms with E-state index in [2.05, 4.69) is 5.10 Å². The molecule has 0 saturated carbocycles. The van der Waals surface area contributed by atoms with Crippen LogP contribution in [-0.2, 0) is 16.1 Å². The number of aromatic nitrogens is 2. The second-order valence-corrected chi connectivity index (χ2v) is 4.11. The van der Waals surface area contributed by atoms with Crippen molar-refractivity contribution < 1.29 is 14.2 Å². The fourth-order valence-electron chi connectivity index (χ4n) is 1.66. The average Bonchev–Trinajstić information content (AvgIpc) is 2.31. The first-order valence-corrected chi connectivity index (χ1v) is 5.86. The number of para-hydroxylation sites is 1. The van der Waals surface area contributed by atoms with E-state index in [0.717, 1.165) is 0 Å². The van der Waals surface area contributed by atoms with Crippen LogP contribution in [0.1, 0.15) is 6.92 Å². The molecule has 0 amide bonds. The molecule has 1 N–H and O–H groups in total. The molecule has 0 aliphatic rings. The van der Waals surface area contributed by atoms with Gasteiger partial charge in [0.15, 0.2) is 0 Å². The second-order valence-electron chi connectivity index (χ2n) is 3.70. The van der Waals surface area contributed by atoms with Gasteiger partial charge in [-0.1, -0.05) is 17.7 Å². The van der Waals surface area contributed by atoms with E-state index in [0.29, 0.717) is 22.5 Å². The number of carbonyl (C=O) groups excluding carboxylic acids is 1. The van der Waals surface area contributed by atoms with Crippen LogP contribution in [-0.4, -0.2) is 17.7 Å². The molecule has 0 unspecified atom stereocenters. The summed E-state index contributed by atoms with van der Waals surface area (Å²) in [5.41, 5.74) is 0.312. The summed E-state index contributed by atoms with van der Waals surface area (Å²) in [5, 5.41) is 3.83. The van der Waals surface area contributed by atoms with Crippen molar-refractivity contribution in [2.45, 2.75) is 13.5 Å². The van der Waals surface area contributed by atoms with E-state index in [1.54, 1.807) is 25.1 Å². The lowest BCUT2D eigenvalue weighted by Gasteiger charge is -2.01. The number of benzene rings is 1. The number of esters is 1. The summed E-state index contributed by atoms with van der Waals surface area (Å²) in [5.74, 6) is -0.412. The SMILES string of the molecule is CCOC(=O)C[n+]1cc(=O)c2cccc(Cl)c2[nH]1. The largest absolute Gasteiger partial charge is 0.461 e. The first-order valence-electron chi connectivity index (χ1n) is 5.48. The van der Waals surface area contributed by atoms with Gasteiger partial charge in [0, 0.05) is 0 Å². The van der Waals surface area contributed by atoms with E-state index in [1.807, 2.05) is 0 Å². The van der Waals surface area contributed by atoms with Crippen LogP contribution in [0.5, 0.6) is 0 Å². The molecule has 0 aliphatic carbocycles. The number of halogens is 1. The molecule has 1 aromatic heterocycles. The predicted octanol–water partition coefficient (Wildman–Crippen LogP) is 1.03. The molecular weight excluding hydrogens is 256 g/mol. The molecule has 2 aromatic rings. The maximum Gasteiger partial charge on any atom is 0.375 e. The molecule has 0 saturated heterocycles. The summed E-state index contributed by atoms with van der Waals surface area (Å²) in [6.07, 6.45) is 1.32. The Balaban J connectivity index is 2.45. The zero-order chi connectivity index (χ0) is 13.1. The summed E-state index contributed by atoms with van der Waals surface area (Å²) >= 11 is 6.00. The standard InChI is InChI=1S/C12H11ClN2O3/c1-2-18-11(17)7-15-6-10(16)8-4-3-5-9(13)12(8)14-15/h3-6H,2,7H2,1H3/p+1. The molecule has 0 bridgehead atoms. The van der Waals surface area contributed by atoms with Gasteiger partial charge in [-0.3, -0.25) is 4.79 Å². The fraction of sp³-hybridized carbons (Fsp3) is 0.250. The lowest BCUT2D eigenvalue weighted by molar-refractivity contribution is -0.741. The van der Waals surface area contributed by atoms with Gasteiger partial charge >= 0.3 is 5.97 Å². The van der Waals surface area contributed by atoms with Crippen molar-refractivity contribution in [1.29, 1.82) is 0 Å². The topological polar surface area (TPSA) is 63.0 Å². The minimum absolute atomic E-state index is 0.0513. The molecule has 0 aliphatic heterocycles. The molecule has 1 heterocycles. The summed E-state index contributed by atoms with van der Waals surface area (Å²) in [6.45, 7) is 1.98. The Morgan fingerprint density at radius 1 is 1.50 bits per heavy atom. The number of H-pyrrole nitrogens is 1. The van der Waals surface area contributed by atoms with Gasteiger partial charge in [-0.05, 0) is 19.1 Å². The fourth-order valence-corrected chi connectivity index (χ4v) is 1.88. The molecule has 6 heteroatoms. The number of nitrogens with zero attached hydrogens (tertiary/aromatic N) is 1. The van der Waals surface area contributed by atoms with Crippen LogP contribution in [0.2, 0.25) is 5.02 Å². The maximum atomic E-state index is 11.8. The minimum atomic E-state index is -0.412. The predicted molar refractivity (Wildman–Crippen MR) is 66.4 cm³/mol. The molecule has 2 rings (SSSR count). The van der Waals surface area contributed by atoms with Gasteiger partial charge in [0.25, 0.3) is 12.0 Å². The van der Waals surface area contributed by atoms with Gasteiger partial charge in [0.1, 0.15) is 5.52 Å². The third-order valence-electron chi connectivity index (χ3n) is 2.41. The quantitative estimate of drug-likeness (QED) is 0.667. The molecule has 18 heavy (non-hydrogen) atoms. The number of nitrogens with one attached hydrogen (secondary N) is 1. The highest BCUT2D eigenvalue weighted by atomic mass is 35.5. The summed E-state index contributed by atoms with van der Waals surface area (Å²) in [4.78, 5) is 23.2. The van der Waals surface area contributed by atoms with Crippen molar-refractivity contribution in [1.82, 2.24) is 5.10 Å². The third-order valence-corrected chi connectivity index (χ3v) is 2.73. The molecule has 1 aromatic carbocycles. The van der Waals surface area contributed by atoms with Gasteiger partial charge in [-0.15, -0.1) is 4.68 Å². The van der Waals surface area contributed by atoms with E-state index in [1.165, 1.54) is 10.9 Å². The Bertz CT molecular complexity index is 651. The molecule has 0 spiro atoms. The lowest BCUT2D eigenvalue weighted by atomic mass is 10.2. The Morgan fingerprint density at radius 3 is 3.00 bits per heavy atom. The van der Waals surface area contributed by atoms with Crippen molar-refractivity contribution in [3.63, 3.8) is 0 Å². The highest BCUT2D eigenvalue weighted by Crippen LogP contribution is 2.16. The second kappa shape index (κ2) is 5.18. The van der Waals surface area contributed by atoms with Crippen molar-refractivity contribution >= 4 is 28.5 Å². The molecule has 0 atom stereocenters. The first kappa shape index (κ1) is 12.6. The highest BCUT2D eigenvalue weighted by Gasteiger charge is 2.14.